The van der Waals surface area contributed by atoms with Gasteiger partial charge in [-0.25, -0.2) is 13.2 Å². The minimum atomic E-state index is -1.57. The Labute approximate surface area is 93.7 Å². The predicted octanol–water partition coefficient (Wildman–Crippen LogP) is 2.21. The van der Waals surface area contributed by atoms with Crippen molar-refractivity contribution < 1.29 is 22.8 Å². The molecule has 1 atom stereocenters. The van der Waals surface area contributed by atoms with Crippen molar-refractivity contribution in [3.8, 4) is 11.5 Å². The fourth-order valence-electron chi connectivity index (χ4n) is 1.20. The second-order valence-corrected chi connectivity index (χ2v) is 3.39. The van der Waals surface area contributed by atoms with Gasteiger partial charge in [-0.05, 0) is 19.1 Å². The van der Waals surface area contributed by atoms with Crippen LogP contribution in [0, 0.1) is 17.5 Å². The number of aliphatic hydroxyl groups excluding tert-OH is 1. The van der Waals surface area contributed by atoms with Gasteiger partial charge in [0.25, 0.3) is 5.89 Å². The van der Waals surface area contributed by atoms with E-state index in [4.69, 9.17) is 5.11 Å². The maximum absolute atomic E-state index is 12.9. The molecule has 0 aliphatic carbocycles. The number of rotatable bonds is 2. The fourth-order valence-corrected chi connectivity index (χ4v) is 1.20. The van der Waals surface area contributed by atoms with Gasteiger partial charge >= 0.3 is 0 Å². The Morgan fingerprint density at radius 1 is 1.24 bits per heavy atom. The molecule has 0 aliphatic rings. The number of aliphatic hydroxyl groups is 1. The minimum Gasteiger partial charge on any atom is -0.385 e. The first-order valence-electron chi connectivity index (χ1n) is 4.65. The molecule has 2 rings (SSSR count). The van der Waals surface area contributed by atoms with Crippen LogP contribution in [0.15, 0.2) is 16.7 Å². The lowest BCUT2D eigenvalue weighted by Crippen LogP contribution is -1.94. The molecule has 2 aromatic rings. The highest BCUT2D eigenvalue weighted by Crippen LogP contribution is 2.23. The largest absolute Gasteiger partial charge is 0.385 e. The monoisotopic (exact) mass is 244 g/mol. The Bertz CT molecular complexity index is 531. The van der Waals surface area contributed by atoms with Crippen molar-refractivity contribution >= 4 is 0 Å². The van der Waals surface area contributed by atoms with Crippen LogP contribution in [0.1, 0.15) is 18.9 Å². The van der Waals surface area contributed by atoms with Crippen LogP contribution < -0.4 is 0 Å². The molecule has 90 valence electrons. The summed E-state index contributed by atoms with van der Waals surface area (Å²) >= 11 is 0. The molecule has 1 unspecified atom stereocenters. The summed E-state index contributed by atoms with van der Waals surface area (Å²) in [4.78, 5) is 3.71. The molecule has 1 aromatic carbocycles. The first-order chi connectivity index (χ1) is 7.99. The average Bonchev–Trinajstić information content (AvgIpc) is 2.74. The average molecular weight is 244 g/mol. The van der Waals surface area contributed by atoms with E-state index in [0.29, 0.717) is 0 Å². The molecule has 4 nitrogen and oxygen atoms in total. The zero-order chi connectivity index (χ0) is 12.6. The summed E-state index contributed by atoms with van der Waals surface area (Å²) in [6.07, 6.45) is -0.970. The predicted molar refractivity (Wildman–Crippen MR) is 50.2 cm³/mol. The van der Waals surface area contributed by atoms with Crippen LogP contribution in [0.5, 0.6) is 0 Å². The third-order valence-electron chi connectivity index (χ3n) is 2.05. The van der Waals surface area contributed by atoms with Gasteiger partial charge in [0.05, 0.1) is 0 Å². The lowest BCUT2D eigenvalue weighted by molar-refractivity contribution is 0.184. The summed E-state index contributed by atoms with van der Waals surface area (Å²) in [5.74, 6) is -4.48. The summed E-state index contributed by atoms with van der Waals surface area (Å²) in [7, 11) is 0. The molecule has 0 saturated heterocycles. The van der Waals surface area contributed by atoms with Crippen molar-refractivity contribution in [2.75, 3.05) is 0 Å². The molecule has 0 saturated carbocycles. The molecule has 1 N–H and O–H groups in total. The van der Waals surface area contributed by atoms with Crippen LogP contribution in [0.2, 0.25) is 0 Å². The van der Waals surface area contributed by atoms with E-state index in [1.54, 1.807) is 0 Å². The zero-order valence-corrected chi connectivity index (χ0v) is 8.62. The highest BCUT2D eigenvalue weighted by Gasteiger charge is 2.17. The van der Waals surface area contributed by atoms with Crippen molar-refractivity contribution in [2.45, 2.75) is 13.0 Å². The molecule has 0 fully saturated rings. The Morgan fingerprint density at radius 3 is 2.29 bits per heavy atom. The first-order valence-corrected chi connectivity index (χ1v) is 4.65. The van der Waals surface area contributed by atoms with Crippen LogP contribution in [-0.4, -0.2) is 15.2 Å². The van der Waals surface area contributed by atoms with Crippen molar-refractivity contribution in [1.29, 1.82) is 0 Å². The number of aromatic nitrogens is 2. The summed E-state index contributed by atoms with van der Waals surface area (Å²) in [6, 6.07) is 1.47. The molecule has 7 heteroatoms. The number of benzene rings is 1. The highest BCUT2D eigenvalue weighted by molar-refractivity contribution is 5.53. The SMILES string of the molecule is CC(O)c1noc(-c2cc(F)c(F)c(F)c2)n1. The minimum absolute atomic E-state index is 0.0230. The molecular weight excluding hydrogens is 237 g/mol. The normalized spacial score (nSPS) is 12.8. The maximum atomic E-state index is 12.9. The van der Waals surface area contributed by atoms with Crippen molar-refractivity contribution in [2.24, 2.45) is 0 Å². The van der Waals surface area contributed by atoms with E-state index in [9.17, 15) is 13.2 Å². The standard InChI is InChI=1S/C10H7F3N2O2/c1-4(16)9-14-10(17-15-9)5-2-6(11)8(13)7(12)3-5/h2-4,16H,1H3. The summed E-state index contributed by atoms with van der Waals surface area (Å²) < 4.78 is 43.3. The van der Waals surface area contributed by atoms with E-state index in [1.807, 2.05) is 0 Å². The molecule has 0 aliphatic heterocycles. The maximum Gasteiger partial charge on any atom is 0.258 e. The molecule has 17 heavy (non-hydrogen) atoms. The number of hydrogen-bond acceptors (Lipinski definition) is 4. The first kappa shape index (κ1) is 11.6. The van der Waals surface area contributed by atoms with Crippen LogP contribution in [-0.2, 0) is 0 Å². The van der Waals surface area contributed by atoms with E-state index in [1.165, 1.54) is 6.92 Å². The van der Waals surface area contributed by atoms with Gasteiger partial charge in [0.15, 0.2) is 23.3 Å². The van der Waals surface area contributed by atoms with Gasteiger partial charge in [0.1, 0.15) is 6.10 Å². The molecule has 1 aromatic heterocycles. The lowest BCUT2D eigenvalue weighted by Gasteiger charge is -1.98. The summed E-state index contributed by atoms with van der Waals surface area (Å²) in [6.45, 7) is 1.40. The van der Waals surface area contributed by atoms with Gasteiger partial charge in [-0.1, -0.05) is 5.16 Å². The van der Waals surface area contributed by atoms with E-state index < -0.39 is 23.6 Å². The van der Waals surface area contributed by atoms with Crippen LogP contribution in [0.4, 0.5) is 13.2 Å². The Kier molecular flexibility index (Phi) is 2.84. The second kappa shape index (κ2) is 4.17. The Hall–Kier alpha value is -1.89. The van der Waals surface area contributed by atoms with Gasteiger partial charge in [-0.15, -0.1) is 0 Å². The van der Waals surface area contributed by atoms with E-state index in [2.05, 4.69) is 14.7 Å². The van der Waals surface area contributed by atoms with Crippen molar-refractivity contribution in [1.82, 2.24) is 10.1 Å². The summed E-state index contributed by atoms with van der Waals surface area (Å²) in [5, 5.41) is 12.5. The molecule has 0 radical (unpaired) electrons. The highest BCUT2D eigenvalue weighted by atomic mass is 19.2. The number of hydrogen-bond donors (Lipinski definition) is 1. The molecular formula is C10H7F3N2O2. The van der Waals surface area contributed by atoms with Crippen LogP contribution in [0.3, 0.4) is 0 Å². The number of nitrogens with zero attached hydrogens (tertiary/aromatic N) is 2. The van der Waals surface area contributed by atoms with Crippen molar-refractivity contribution in [3.63, 3.8) is 0 Å². The van der Waals surface area contributed by atoms with Gasteiger partial charge < -0.3 is 9.63 Å². The molecule has 0 amide bonds. The van der Waals surface area contributed by atoms with E-state index >= 15 is 0 Å². The zero-order valence-electron chi connectivity index (χ0n) is 8.62. The van der Waals surface area contributed by atoms with E-state index in [0.717, 1.165) is 12.1 Å². The summed E-state index contributed by atoms with van der Waals surface area (Å²) in [5.41, 5.74) is -0.0965. The van der Waals surface area contributed by atoms with Crippen LogP contribution >= 0.6 is 0 Å². The van der Waals surface area contributed by atoms with Gasteiger partial charge in [-0.2, -0.15) is 4.98 Å². The van der Waals surface area contributed by atoms with E-state index in [-0.39, 0.29) is 17.3 Å². The third-order valence-corrected chi connectivity index (χ3v) is 2.05. The lowest BCUT2D eigenvalue weighted by atomic mass is 10.2. The van der Waals surface area contributed by atoms with Gasteiger partial charge in [0.2, 0.25) is 0 Å². The smallest absolute Gasteiger partial charge is 0.258 e. The van der Waals surface area contributed by atoms with Gasteiger partial charge in [0, 0.05) is 5.56 Å². The molecule has 0 spiro atoms. The third kappa shape index (κ3) is 2.14. The fraction of sp³-hybridized carbons (Fsp3) is 0.200. The van der Waals surface area contributed by atoms with Gasteiger partial charge in [-0.3, -0.25) is 0 Å². The Balaban J connectivity index is 2.46. The topological polar surface area (TPSA) is 59.2 Å². The Morgan fingerprint density at radius 2 is 1.82 bits per heavy atom. The molecule has 0 bridgehead atoms. The van der Waals surface area contributed by atoms with Crippen molar-refractivity contribution in [3.05, 3.63) is 35.4 Å². The second-order valence-electron chi connectivity index (χ2n) is 3.39. The number of halogens is 3. The van der Waals surface area contributed by atoms with Crippen LogP contribution in [0.25, 0.3) is 11.5 Å². The molecule has 1 heterocycles. The quantitative estimate of drug-likeness (QED) is 0.823.